The van der Waals surface area contributed by atoms with E-state index in [1.807, 2.05) is 12.1 Å². The summed E-state index contributed by atoms with van der Waals surface area (Å²) in [5, 5.41) is 3.88. The van der Waals surface area contributed by atoms with Gasteiger partial charge in [-0.2, -0.15) is 0 Å². The lowest BCUT2D eigenvalue weighted by Gasteiger charge is -2.16. The molecular formula is C19H20FN3O3. The highest BCUT2D eigenvalue weighted by Gasteiger charge is 2.15. The van der Waals surface area contributed by atoms with Gasteiger partial charge in [0, 0.05) is 17.5 Å². The number of methoxy groups -OCH3 is 3. The first-order valence-corrected chi connectivity index (χ1v) is 8.10. The number of aromatic nitrogens is 2. The molecule has 0 amide bonds. The topological polar surface area (TPSA) is 65.5 Å². The molecule has 1 heterocycles. The van der Waals surface area contributed by atoms with Crippen molar-refractivity contribution in [3.05, 3.63) is 48.0 Å². The zero-order chi connectivity index (χ0) is 18.5. The molecule has 0 atom stereocenters. The Morgan fingerprint density at radius 2 is 1.77 bits per heavy atom. The Morgan fingerprint density at radius 3 is 2.50 bits per heavy atom. The fourth-order valence-electron chi connectivity index (χ4n) is 2.87. The summed E-state index contributed by atoms with van der Waals surface area (Å²) in [6.45, 7) is 0.578. The highest BCUT2D eigenvalue weighted by molar-refractivity contribution is 5.89. The molecule has 26 heavy (non-hydrogen) atoms. The van der Waals surface area contributed by atoms with E-state index in [2.05, 4.69) is 15.3 Å². The first-order valence-electron chi connectivity index (χ1n) is 8.10. The average molecular weight is 357 g/mol. The second-order valence-corrected chi connectivity index (χ2v) is 5.53. The summed E-state index contributed by atoms with van der Waals surface area (Å²) in [6, 6.07) is 8.58. The van der Waals surface area contributed by atoms with Crippen LogP contribution in [-0.4, -0.2) is 37.8 Å². The number of ether oxygens (including phenoxy) is 3. The maximum absolute atomic E-state index is 13.8. The predicted octanol–water partition coefficient (Wildman–Crippen LogP) is 3.45. The van der Waals surface area contributed by atoms with Crippen LogP contribution in [-0.2, 0) is 6.42 Å². The fraction of sp³-hybridized carbons (Fsp3) is 0.263. The van der Waals surface area contributed by atoms with Crippen LogP contribution in [0.5, 0.6) is 17.2 Å². The van der Waals surface area contributed by atoms with Gasteiger partial charge < -0.3 is 19.5 Å². The predicted molar refractivity (Wildman–Crippen MR) is 97.8 cm³/mol. The summed E-state index contributed by atoms with van der Waals surface area (Å²) in [4.78, 5) is 8.22. The molecule has 0 unspecified atom stereocenters. The van der Waals surface area contributed by atoms with E-state index in [9.17, 15) is 4.39 Å². The molecule has 0 spiro atoms. The monoisotopic (exact) mass is 357 g/mol. The molecule has 0 bridgehead atoms. The largest absolute Gasteiger partial charge is 0.493 e. The summed E-state index contributed by atoms with van der Waals surface area (Å²) in [6.07, 6.45) is 2.01. The van der Waals surface area contributed by atoms with Crippen LogP contribution in [0, 0.1) is 5.82 Å². The Balaban J connectivity index is 1.80. The standard InChI is InChI=1S/C19H20FN3O3/c1-24-15-8-7-12(17(25-2)18(15)26-3)9-10-21-19-13-5-4-6-14(20)16(13)22-11-23-19/h4-8,11H,9-10H2,1-3H3,(H,21,22,23). The van der Waals surface area contributed by atoms with E-state index in [1.165, 1.54) is 12.4 Å². The Hall–Kier alpha value is -3.09. The molecule has 1 N–H and O–H groups in total. The van der Waals surface area contributed by atoms with E-state index in [0.717, 1.165) is 5.56 Å². The average Bonchev–Trinajstić information content (AvgIpc) is 2.68. The molecule has 0 aliphatic carbocycles. The van der Waals surface area contributed by atoms with E-state index in [1.54, 1.807) is 33.5 Å². The van der Waals surface area contributed by atoms with Crippen LogP contribution < -0.4 is 19.5 Å². The van der Waals surface area contributed by atoms with Gasteiger partial charge in [0.2, 0.25) is 5.75 Å². The summed E-state index contributed by atoms with van der Waals surface area (Å²) in [7, 11) is 4.75. The SMILES string of the molecule is COc1ccc(CCNc2ncnc3c(F)cccc23)c(OC)c1OC. The zero-order valence-corrected chi connectivity index (χ0v) is 14.9. The van der Waals surface area contributed by atoms with Gasteiger partial charge >= 0.3 is 0 Å². The van der Waals surface area contributed by atoms with Gasteiger partial charge in [-0.05, 0) is 24.6 Å². The summed E-state index contributed by atoms with van der Waals surface area (Å²) < 4.78 is 30.0. The molecule has 1 aromatic heterocycles. The molecular weight excluding hydrogens is 337 g/mol. The molecule has 0 radical (unpaired) electrons. The maximum atomic E-state index is 13.8. The maximum Gasteiger partial charge on any atom is 0.203 e. The van der Waals surface area contributed by atoms with E-state index >= 15 is 0 Å². The van der Waals surface area contributed by atoms with Crippen LogP contribution in [0.3, 0.4) is 0 Å². The van der Waals surface area contributed by atoms with Crippen molar-refractivity contribution in [2.45, 2.75) is 6.42 Å². The second kappa shape index (κ2) is 7.86. The van der Waals surface area contributed by atoms with Gasteiger partial charge in [0.25, 0.3) is 0 Å². The number of nitrogens with zero attached hydrogens (tertiary/aromatic N) is 2. The van der Waals surface area contributed by atoms with Crippen molar-refractivity contribution < 1.29 is 18.6 Å². The van der Waals surface area contributed by atoms with Gasteiger partial charge in [-0.3, -0.25) is 0 Å². The van der Waals surface area contributed by atoms with Crippen molar-refractivity contribution >= 4 is 16.7 Å². The number of fused-ring (bicyclic) bond motifs is 1. The third kappa shape index (κ3) is 3.33. The quantitative estimate of drug-likeness (QED) is 0.699. The third-order valence-electron chi connectivity index (χ3n) is 4.09. The second-order valence-electron chi connectivity index (χ2n) is 5.53. The van der Waals surface area contributed by atoms with Crippen LogP contribution in [0.15, 0.2) is 36.7 Å². The fourth-order valence-corrected chi connectivity index (χ4v) is 2.87. The lowest BCUT2D eigenvalue weighted by Crippen LogP contribution is -2.09. The van der Waals surface area contributed by atoms with Gasteiger partial charge in [0.15, 0.2) is 11.5 Å². The molecule has 0 fully saturated rings. The lowest BCUT2D eigenvalue weighted by molar-refractivity contribution is 0.322. The number of halogens is 1. The molecule has 7 heteroatoms. The Labute approximate surface area is 150 Å². The molecule has 0 aliphatic heterocycles. The highest BCUT2D eigenvalue weighted by Crippen LogP contribution is 2.39. The smallest absolute Gasteiger partial charge is 0.203 e. The molecule has 0 saturated carbocycles. The Kier molecular flexibility index (Phi) is 5.36. The Morgan fingerprint density at radius 1 is 0.962 bits per heavy atom. The van der Waals surface area contributed by atoms with Crippen molar-refractivity contribution in [1.82, 2.24) is 9.97 Å². The number of benzene rings is 2. The number of rotatable bonds is 7. The van der Waals surface area contributed by atoms with Gasteiger partial charge in [0.1, 0.15) is 23.5 Å². The number of para-hydroxylation sites is 1. The van der Waals surface area contributed by atoms with E-state index in [0.29, 0.717) is 46.9 Å². The van der Waals surface area contributed by atoms with Crippen molar-refractivity contribution in [1.29, 1.82) is 0 Å². The minimum absolute atomic E-state index is 0.300. The summed E-state index contributed by atoms with van der Waals surface area (Å²) in [5.41, 5.74) is 1.26. The van der Waals surface area contributed by atoms with Crippen LogP contribution in [0.2, 0.25) is 0 Å². The number of hydrogen-bond acceptors (Lipinski definition) is 6. The third-order valence-corrected chi connectivity index (χ3v) is 4.09. The van der Waals surface area contributed by atoms with Gasteiger partial charge in [-0.25, -0.2) is 14.4 Å². The lowest BCUT2D eigenvalue weighted by atomic mass is 10.1. The van der Waals surface area contributed by atoms with E-state index in [4.69, 9.17) is 14.2 Å². The first kappa shape index (κ1) is 17.7. The molecule has 136 valence electrons. The Bertz CT molecular complexity index is 918. The number of hydrogen-bond donors (Lipinski definition) is 1. The van der Waals surface area contributed by atoms with Gasteiger partial charge in [-0.15, -0.1) is 0 Å². The van der Waals surface area contributed by atoms with Gasteiger partial charge in [-0.1, -0.05) is 12.1 Å². The minimum Gasteiger partial charge on any atom is -0.493 e. The van der Waals surface area contributed by atoms with Crippen molar-refractivity contribution in [2.24, 2.45) is 0 Å². The number of nitrogens with one attached hydrogen (secondary N) is 1. The van der Waals surface area contributed by atoms with Crippen molar-refractivity contribution in [3.8, 4) is 17.2 Å². The number of anilines is 1. The summed E-state index contributed by atoms with van der Waals surface area (Å²) in [5.74, 6) is 2.02. The van der Waals surface area contributed by atoms with E-state index in [-0.39, 0.29) is 5.82 Å². The van der Waals surface area contributed by atoms with Crippen LogP contribution in [0.25, 0.3) is 10.9 Å². The molecule has 2 aromatic carbocycles. The highest BCUT2D eigenvalue weighted by atomic mass is 19.1. The van der Waals surface area contributed by atoms with Crippen LogP contribution in [0.4, 0.5) is 10.2 Å². The molecule has 6 nitrogen and oxygen atoms in total. The van der Waals surface area contributed by atoms with E-state index < -0.39 is 0 Å². The van der Waals surface area contributed by atoms with Gasteiger partial charge in [0.05, 0.1) is 21.3 Å². The zero-order valence-electron chi connectivity index (χ0n) is 14.9. The van der Waals surface area contributed by atoms with Crippen molar-refractivity contribution in [3.63, 3.8) is 0 Å². The van der Waals surface area contributed by atoms with Crippen molar-refractivity contribution in [2.75, 3.05) is 33.2 Å². The van der Waals surface area contributed by atoms with Crippen LogP contribution >= 0.6 is 0 Å². The molecule has 0 aliphatic rings. The molecule has 0 saturated heterocycles. The summed E-state index contributed by atoms with van der Waals surface area (Å²) >= 11 is 0. The molecule has 3 rings (SSSR count). The van der Waals surface area contributed by atoms with Crippen LogP contribution in [0.1, 0.15) is 5.56 Å². The normalized spacial score (nSPS) is 10.6. The molecule has 3 aromatic rings. The first-order chi connectivity index (χ1) is 12.7. The minimum atomic E-state index is -0.366.